The van der Waals surface area contributed by atoms with Gasteiger partial charge in [0.15, 0.2) is 0 Å². The van der Waals surface area contributed by atoms with Crippen LogP contribution in [-0.2, 0) is 5.33 Å². The number of hydrogen-bond acceptors (Lipinski definition) is 3. The molecule has 0 fully saturated rings. The average molecular weight is 287 g/mol. The van der Waals surface area contributed by atoms with Gasteiger partial charge < -0.3 is 0 Å². The predicted molar refractivity (Wildman–Crippen MR) is 67.9 cm³/mol. The molecule has 0 spiro atoms. The van der Waals surface area contributed by atoms with E-state index >= 15 is 0 Å². The van der Waals surface area contributed by atoms with Gasteiger partial charge in [-0.1, -0.05) is 28.1 Å². The molecule has 0 bridgehead atoms. The zero-order valence-electron chi connectivity index (χ0n) is 9.25. The zero-order valence-corrected chi connectivity index (χ0v) is 10.8. The molecule has 0 saturated carbocycles. The smallest absolute Gasteiger partial charge is 0.274 e. The second-order valence-corrected chi connectivity index (χ2v) is 4.04. The number of hydrogen-bond donors (Lipinski definition) is 3. The Balaban J connectivity index is 3.30. The lowest BCUT2D eigenvalue weighted by atomic mass is 10.0. The molecule has 0 aliphatic carbocycles. The number of nitrogens with two attached hydrogens (primary N) is 2. The highest BCUT2D eigenvalue weighted by atomic mass is 79.9. The third-order valence-corrected chi connectivity index (χ3v) is 3.00. The van der Waals surface area contributed by atoms with E-state index in [1.165, 1.54) is 0 Å². The van der Waals surface area contributed by atoms with Crippen molar-refractivity contribution in [3.8, 4) is 0 Å². The first-order chi connectivity index (χ1) is 7.52. The molecule has 0 saturated heterocycles. The van der Waals surface area contributed by atoms with Gasteiger partial charge >= 0.3 is 6.03 Å². The van der Waals surface area contributed by atoms with Crippen molar-refractivity contribution in [2.75, 3.05) is 5.01 Å². The summed E-state index contributed by atoms with van der Waals surface area (Å²) in [5, 5.41) is 1.65. The van der Waals surface area contributed by atoms with Crippen molar-refractivity contribution >= 4 is 27.6 Å². The number of benzene rings is 1. The van der Waals surface area contributed by atoms with Gasteiger partial charge in [-0.15, -0.1) is 0 Å². The van der Waals surface area contributed by atoms with Crippen LogP contribution < -0.4 is 22.1 Å². The van der Waals surface area contributed by atoms with Crippen molar-refractivity contribution in [1.29, 1.82) is 0 Å². The normalized spacial score (nSPS) is 10.1. The summed E-state index contributed by atoms with van der Waals surface area (Å²) in [7, 11) is 0. The highest BCUT2D eigenvalue weighted by Gasteiger charge is 2.17. The third-order valence-electron chi connectivity index (χ3n) is 2.44. The largest absolute Gasteiger partial charge is 0.350 e. The second-order valence-electron chi connectivity index (χ2n) is 3.48. The molecule has 0 aliphatic rings. The van der Waals surface area contributed by atoms with Crippen LogP contribution in [0.1, 0.15) is 16.7 Å². The van der Waals surface area contributed by atoms with Crippen LogP contribution in [0.2, 0.25) is 0 Å². The van der Waals surface area contributed by atoms with E-state index in [0.29, 0.717) is 11.0 Å². The summed E-state index contributed by atoms with van der Waals surface area (Å²) in [6.07, 6.45) is 0. The molecule has 6 heteroatoms. The van der Waals surface area contributed by atoms with E-state index in [-0.39, 0.29) is 0 Å². The molecular weight excluding hydrogens is 272 g/mol. The van der Waals surface area contributed by atoms with Gasteiger partial charge in [0.1, 0.15) is 0 Å². The number of alkyl halides is 1. The van der Waals surface area contributed by atoms with Gasteiger partial charge in [-0.2, -0.15) is 0 Å². The number of anilines is 1. The SMILES string of the molecule is Cc1ccc(C)c(N(N)C(=O)NN)c1CBr. The number of urea groups is 1. The predicted octanol–water partition coefficient (Wildman–Crippen LogP) is 1.46. The Morgan fingerprint density at radius 3 is 2.50 bits per heavy atom. The van der Waals surface area contributed by atoms with Gasteiger partial charge in [0.25, 0.3) is 0 Å². The summed E-state index contributed by atoms with van der Waals surface area (Å²) < 4.78 is 0. The second kappa shape index (κ2) is 5.29. The van der Waals surface area contributed by atoms with Crippen molar-refractivity contribution in [3.63, 3.8) is 0 Å². The first-order valence-electron chi connectivity index (χ1n) is 4.73. The zero-order chi connectivity index (χ0) is 12.3. The van der Waals surface area contributed by atoms with E-state index in [4.69, 9.17) is 11.7 Å². The fourth-order valence-corrected chi connectivity index (χ4v) is 2.24. The molecule has 88 valence electrons. The minimum Gasteiger partial charge on any atom is -0.274 e. The number of rotatable bonds is 2. The Hall–Kier alpha value is -1.11. The van der Waals surface area contributed by atoms with E-state index in [0.717, 1.165) is 21.7 Å². The summed E-state index contributed by atoms with van der Waals surface area (Å²) in [5.74, 6) is 10.8. The standard InChI is InChI=1S/C10H15BrN4O/c1-6-3-4-7(2)9(8(6)5-11)15(13)10(16)14-12/h3-4H,5,12-13H2,1-2H3,(H,14,16). The van der Waals surface area contributed by atoms with Crippen LogP contribution in [0.4, 0.5) is 10.5 Å². The average Bonchev–Trinajstić information content (AvgIpc) is 2.29. The molecule has 2 amide bonds. The Labute approximate surface area is 103 Å². The number of nitrogens with zero attached hydrogens (tertiary/aromatic N) is 1. The summed E-state index contributed by atoms with van der Waals surface area (Å²) >= 11 is 3.39. The van der Waals surface area contributed by atoms with Crippen LogP contribution in [-0.4, -0.2) is 6.03 Å². The van der Waals surface area contributed by atoms with Crippen LogP contribution in [0.15, 0.2) is 12.1 Å². The van der Waals surface area contributed by atoms with E-state index in [1.807, 2.05) is 31.4 Å². The number of carbonyl (C=O) groups is 1. The fraction of sp³-hybridized carbons (Fsp3) is 0.300. The van der Waals surface area contributed by atoms with Crippen LogP contribution in [0.3, 0.4) is 0 Å². The number of hydrazine groups is 2. The number of halogens is 1. The third kappa shape index (κ3) is 2.34. The van der Waals surface area contributed by atoms with Crippen molar-refractivity contribution in [3.05, 3.63) is 28.8 Å². The molecule has 0 aliphatic heterocycles. The molecule has 1 aromatic rings. The van der Waals surface area contributed by atoms with Gasteiger partial charge in [-0.05, 0) is 30.5 Å². The van der Waals surface area contributed by atoms with E-state index in [2.05, 4.69) is 15.9 Å². The fourth-order valence-electron chi connectivity index (χ4n) is 1.53. The van der Waals surface area contributed by atoms with Crippen molar-refractivity contribution in [2.45, 2.75) is 19.2 Å². The molecule has 1 aromatic carbocycles. The van der Waals surface area contributed by atoms with Crippen molar-refractivity contribution < 1.29 is 4.79 Å². The van der Waals surface area contributed by atoms with Gasteiger partial charge in [0, 0.05) is 5.33 Å². The van der Waals surface area contributed by atoms with E-state index < -0.39 is 6.03 Å². The summed E-state index contributed by atoms with van der Waals surface area (Å²) in [6, 6.07) is 3.36. The number of amides is 2. The minimum absolute atomic E-state index is 0.545. The van der Waals surface area contributed by atoms with Gasteiger partial charge in [0.05, 0.1) is 5.69 Å². The molecule has 5 N–H and O–H groups in total. The first kappa shape index (κ1) is 13.0. The molecule has 0 unspecified atom stereocenters. The lowest BCUT2D eigenvalue weighted by Gasteiger charge is -2.22. The Kier molecular flexibility index (Phi) is 4.28. The summed E-state index contributed by atoms with van der Waals surface area (Å²) in [4.78, 5) is 11.4. The van der Waals surface area contributed by atoms with Crippen LogP contribution in [0, 0.1) is 13.8 Å². The molecule has 16 heavy (non-hydrogen) atoms. The molecular formula is C10H15BrN4O. The Morgan fingerprint density at radius 1 is 1.44 bits per heavy atom. The van der Waals surface area contributed by atoms with Crippen LogP contribution in [0.5, 0.6) is 0 Å². The molecule has 5 nitrogen and oxygen atoms in total. The van der Waals surface area contributed by atoms with Gasteiger partial charge in [-0.25, -0.2) is 21.5 Å². The highest BCUT2D eigenvalue weighted by molar-refractivity contribution is 9.08. The topological polar surface area (TPSA) is 84.4 Å². The van der Waals surface area contributed by atoms with Crippen LogP contribution >= 0.6 is 15.9 Å². The number of carbonyl (C=O) groups excluding carboxylic acids is 1. The van der Waals surface area contributed by atoms with Crippen LogP contribution in [0.25, 0.3) is 0 Å². The summed E-state index contributed by atoms with van der Waals surface area (Å²) in [6.45, 7) is 3.86. The quantitative estimate of drug-likeness (QED) is 0.333. The van der Waals surface area contributed by atoms with E-state index in [1.54, 1.807) is 0 Å². The molecule has 1 rings (SSSR count). The minimum atomic E-state index is -0.545. The molecule has 0 aromatic heterocycles. The number of aryl methyl sites for hydroxylation is 2. The summed E-state index contributed by atoms with van der Waals surface area (Å²) in [5.41, 5.74) is 5.66. The van der Waals surface area contributed by atoms with Gasteiger partial charge in [0.2, 0.25) is 0 Å². The first-order valence-corrected chi connectivity index (χ1v) is 5.85. The van der Waals surface area contributed by atoms with Crippen molar-refractivity contribution in [1.82, 2.24) is 5.43 Å². The van der Waals surface area contributed by atoms with Crippen molar-refractivity contribution in [2.24, 2.45) is 11.7 Å². The maximum Gasteiger partial charge on any atom is 0.350 e. The maximum atomic E-state index is 11.4. The Bertz CT molecular complexity index is 408. The highest BCUT2D eigenvalue weighted by Crippen LogP contribution is 2.28. The molecule has 0 atom stereocenters. The molecule has 0 heterocycles. The Morgan fingerprint density at radius 2 is 2.00 bits per heavy atom. The molecule has 0 radical (unpaired) electrons. The number of nitrogens with one attached hydrogen (secondary N) is 1. The lowest BCUT2D eigenvalue weighted by Crippen LogP contribution is -2.48. The monoisotopic (exact) mass is 286 g/mol. The lowest BCUT2D eigenvalue weighted by molar-refractivity contribution is 0.246. The van der Waals surface area contributed by atoms with E-state index in [9.17, 15) is 4.79 Å². The van der Waals surface area contributed by atoms with Gasteiger partial charge in [-0.3, -0.25) is 5.43 Å². The maximum absolute atomic E-state index is 11.4.